The fourth-order valence-corrected chi connectivity index (χ4v) is 2.15. The molecule has 2 atom stereocenters. The van der Waals surface area contributed by atoms with E-state index in [4.69, 9.17) is 4.74 Å². The first-order chi connectivity index (χ1) is 7.70. The van der Waals surface area contributed by atoms with Crippen LogP contribution in [0.4, 0.5) is 0 Å². The van der Waals surface area contributed by atoms with E-state index in [9.17, 15) is 9.90 Å². The van der Waals surface area contributed by atoms with Gasteiger partial charge in [-0.1, -0.05) is 13.8 Å². The molecule has 1 N–H and O–H groups in total. The molecule has 1 aliphatic heterocycles. The Morgan fingerprint density at radius 2 is 2.25 bits per heavy atom. The first-order valence-electron chi connectivity index (χ1n) is 6.18. The second-order valence-electron chi connectivity index (χ2n) is 4.47. The van der Waals surface area contributed by atoms with Gasteiger partial charge >= 0.3 is 0 Å². The molecule has 0 spiro atoms. The zero-order valence-corrected chi connectivity index (χ0v) is 10.3. The van der Waals surface area contributed by atoms with Crippen molar-refractivity contribution in [3.8, 4) is 0 Å². The third kappa shape index (κ3) is 3.46. The lowest BCUT2D eigenvalue weighted by Crippen LogP contribution is -2.40. The number of carbonyl (C=O) groups is 1. The molecule has 4 nitrogen and oxygen atoms in total. The Balaban J connectivity index is 2.30. The van der Waals surface area contributed by atoms with E-state index < -0.39 is 0 Å². The summed E-state index contributed by atoms with van der Waals surface area (Å²) in [6.07, 6.45) is 2.41. The van der Waals surface area contributed by atoms with Crippen LogP contribution in [0.2, 0.25) is 0 Å². The molecule has 4 heteroatoms. The predicted molar refractivity (Wildman–Crippen MR) is 62.1 cm³/mol. The van der Waals surface area contributed by atoms with Crippen LogP contribution < -0.4 is 0 Å². The minimum Gasteiger partial charge on any atom is -0.394 e. The predicted octanol–water partition coefficient (Wildman–Crippen LogP) is 1.03. The Labute approximate surface area is 97.6 Å². The standard InChI is InChI=1S/C12H23NO3/c1-3-7-16-8-5-12(15)13-6-4-10(2)11(13)9-14/h10-11,14H,3-9H2,1-2H3. The van der Waals surface area contributed by atoms with Gasteiger partial charge in [-0.15, -0.1) is 0 Å². The van der Waals surface area contributed by atoms with E-state index in [0.29, 0.717) is 25.6 Å². The van der Waals surface area contributed by atoms with Gasteiger partial charge in [0.2, 0.25) is 5.91 Å². The van der Waals surface area contributed by atoms with Gasteiger partial charge in [0.25, 0.3) is 0 Å². The molecule has 1 heterocycles. The summed E-state index contributed by atoms with van der Waals surface area (Å²) in [5, 5.41) is 9.24. The summed E-state index contributed by atoms with van der Waals surface area (Å²) in [5.74, 6) is 0.519. The van der Waals surface area contributed by atoms with Crippen molar-refractivity contribution in [2.75, 3.05) is 26.4 Å². The minimum absolute atomic E-state index is 0.0127. The average Bonchev–Trinajstić information content (AvgIpc) is 2.65. The third-order valence-corrected chi connectivity index (χ3v) is 3.20. The number of amides is 1. The van der Waals surface area contributed by atoms with Crippen LogP contribution in [0, 0.1) is 5.92 Å². The molecule has 0 saturated carbocycles. The Kier molecular flexibility index (Phi) is 5.77. The molecular weight excluding hydrogens is 206 g/mol. The van der Waals surface area contributed by atoms with Gasteiger partial charge in [0, 0.05) is 13.2 Å². The lowest BCUT2D eigenvalue weighted by molar-refractivity contribution is -0.134. The summed E-state index contributed by atoms with van der Waals surface area (Å²) in [4.78, 5) is 13.7. The number of likely N-dealkylation sites (tertiary alicyclic amines) is 1. The van der Waals surface area contributed by atoms with Crippen LogP contribution in [-0.2, 0) is 9.53 Å². The molecule has 1 fully saturated rings. The number of aliphatic hydroxyl groups is 1. The maximum absolute atomic E-state index is 11.9. The highest BCUT2D eigenvalue weighted by Crippen LogP contribution is 2.23. The summed E-state index contributed by atoms with van der Waals surface area (Å²) < 4.78 is 5.30. The van der Waals surface area contributed by atoms with Crippen molar-refractivity contribution in [3.05, 3.63) is 0 Å². The van der Waals surface area contributed by atoms with Crippen molar-refractivity contribution >= 4 is 5.91 Å². The van der Waals surface area contributed by atoms with E-state index >= 15 is 0 Å². The van der Waals surface area contributed by atoms with Gasteiger partial charge in [0.1, 0.15) is 0 Å². The molecule has 94 valence electrons. The van der Waals surface area contributed by atoms with Gasteiger partial charge in [-0.25, -0.2) is 0 Å². The zero-order chi connectivity index (χ0) is 12.0. The van der Waals surface area contributed by atoms with Gasteiger partial charge in [-0.05, 0) is 18.8 Å². The van der Waals surface area contributed by atoms with E-state index in [1.807, 2.05) is 6.92 Å². The summed E-state index contributed by atoms with van der Waals surface area (Å²) in [6, 6.07) is 0.0127. The largest absolute Gasteiger partial charge is 0.394 e. The van der Waals surface area contributed by atoms with Crippen LogP contribution in [-0.4, -0.2) is 48.3 Å². The van der Waals surface area contributed by atoms with Gasteiger partial charge < -0.3 is 14.7 Å². The molecule has 1 aliphatic rings. The van der Waals surface area contributed by atoms with E-state index in [0.717, 1.165) is 19.4 Å². The Morgan fingerprint density at radius 1 is 1.50 bits per heavy atom. The lowest BCUT2D eigenvalue weighted by atomic mass is 10.0. The number of ether oxygens (including phenoxy) is 1. The fraction of sp³-hybridized carbons (Fsp3) is 0.917. The molecule has 0 bridgehead atoms. The van der Waals surface area contributed by atoms with Crippen molar-refractivity contribution in [1.82, 2.24) is 4.90 Å². The average molecular weight is 229 g/mol. The molecule has 0 aromatic rings. The smallest absolute Gasteiger partial charge is 0.225 e. The van der Waals surface area contributed by atoms with E-state index in [1.165, 1.54) is 0 Å². The van der Waals surface area contributed by atoms with E-state index in [1.54, 1.807) is 4.90 Å². The van der Waals surface area contributed by atoms with Crippen LogP contribution in [0.25, 0.3) is 0 Å². The number of hydrogen-bond donors (Lipinski definition) is 1. The fourth-order valence-electron chi connectivity index (χ4n) is 2.15. The molecule has 1 saturated heterocycles. The van der Waals surface area contributed by atoms with Gasteiger partial charge in [0.05, 0.1) is 25.7 Å². The summed E-state index contributed by atoms with van der Waals surface area (Å²) in [7, 11) is 0. The summed E-state index contributed by atoms with van der Waals surface area (Å²) in [6.45, 7) is 6.19. The number of hydrogen-bond acceptors (Lipinski definition) is 3. The van der Waals surface area contributed by atoms with Crippen LogP contribution in [0.5, 0.6) is 0 Å². The van der Waals surface area contributed by atoms with Crippen molar-refractivity contribution in [1.29, 1.82) is 0 Å². The molecular formula is C12H23NO3. The quantitative estimate of drug-likeness (QED) is 0.692. The highest BCUT2D eigenvalue weighted by Gasteiger charge is 2.33. The molecule has 0 aromatic carbocycles. The Bertz CT molecular complexity index is 220. The summed E-state index contributed by atoms with van der Waals surface area (Å²) >= 11 is 0. The molecule has 1 amide bonds. The van der Waals surface area contributed by atoms with Gasteiger partial charge in [0.15, 0.2) is 0 Å². The van der Waals surface area contributed by atoms with E-state index in [2.05, 4.69) is 6.92 Å². The molecule has 0 aromatic heterocycles. The monoisotopic (exact) mass is 229 g/mol. The van der Waals surface area contributed by atoms with Crippen LogP contribution in [0.1, 0.15) is 33.1 Å². The first-order valence-corrected chi connectivity index (χ1v) is 6.18. The van der Waals surface area contributed by atoms with Crippen LogP contribution in [0.15, 0.2) is 0 Å². The molecule has 0 radical (unpaired) electrons. The maximum Gasteiger partial charge on any atom is 0.225 e. The van der Waals surface area contributed by atoms with Gasteiger partial charge in [-0.3, -0.25) is 4.79 Å². The highest BCUT2D eigenvalue weighted by atomic mass is 16.5. The second kappa shape index (κ2) is 6.86. The van der Waals surface area contributed by atoms with Crippen molar-refractivity contribution in [2.45, 2.75) is 39.2 Å². The molecule has 0 aliphatic carbocycles. The Hall–Kier alpha value is -0.610. The van der Waals surface area contributed by atoms with Crippen LogP contribution >= 0.6 is 0 Å². The first kappa shape index (κ1) is 13.5. The zero-order valence-electron chi connectivity index (χ0n) is 10.3. The second-order valence-corrected chi connectivity index (χ2v) is 4.47. The number of carbonyl (C=O) groups excluding carboxylic acids is 1. The SMILES string of the molecule is CCCOCCC(=O)N1CCC(C)C1CO. The van der Waals surface area contributed by atoms with Gasteiger partial charge in [-0.2, -0.15) is 0 Å². The normalized spacial score (nSPS) is 25.1. The minimum atomic E-state index is 0.0127. The maximum atomic E-state index is 11.9. The highest BCUT2D eigenvalue weighted by molar-refractivity contribution is 5.77. The molecule has 2 unspecified atom stereocenters. The molecule has 16 heavy (non-hydrogen) atoms. The number of rotatable bonds is 6. The summed E-state index contributed by atoms with van der Waals surface area (Å²) in [5.41, 5.74) is 0. The topological polar surface area (TPSA) is 49.8 Å². The Morgan fingerprint density at radius 3 is 2.88 bits per heavy atom. The van der Waals surface area contributed by atoms with E-state index in [-0.39, 0.29) is 18.6 Å². The number of aliphatic hydroxyl groups excluding tert-OH is 1. The molecule has 1 rings (SSSR count). The van der Waals surface area contributed by atoms with Crippen LogP contribution in [0.3, 0.4) is 0 Å². The number of nitrogens with zero attached hydrogens (tertiary/aromatic N) is 1. The van der Waals surface area contributed by atoms with Crippen molar-refractivity contribution < 1.29 is 14.6 Å². The van der Waals surface area contributed by atoms with Crippen molar-refractivity contribution in [3.63, 3.8) is 0 Å². The van der Waals surface area contributed by atoms with Crippen molar-refractivity contribution in [2.24, 2.45) is 5.92 Å². The lowest BCUT2D eigenvalue weighted by Gasteiger charge is -2.25. The third-order valence-electron chi connectivity index (χ3n) is 3.20.